The number of halogens is 1. The van der Waals surface area contributed by atoms with Crippen molar-refractivity contribution >= 4 is 18.4 Å². The molecule has 0 aliphatic rings. The molecule has 0 rings (SSSR count). The van der Waals surface area contributed by atoms with Crippen LogP contribution in [-0.4, -0.2) is 30.8 Å². The summed E-state index contributed by atoms with van der Waals surface area (Å²) in [5.74, 6) is -0.375. The predicted molar refractivity (Wildman–Crippen MR) is 45.7 cm³/mol. The smallest absolute Gasteiger partial charge is 0.322 e. The van der Waals surface area contributed by atoms with Gasteiger partial charge < -0.3 is 15.6 Å². The number of hydrogen-bond donors (Lipinski definition) is 2. The molecule has 0 saturated carbocycles. The molecule has 0 aromatic heterocycles. The number of hydrogen-bond acceptors (Lipinski definition) is 4. The number of ether oxygens (including phenoxy) is 1. The van der Waals surface area contributed by atoms with Crippen LogP contribution in [-0.2, 0) is 9.53 Å². The lowest BCUT2D eigenvalue weighted by Crippen LogP contribution is -2.27. The van der Waals surface area contributed by atoms with Crippen molar-refractivity contribution in [1.29, 1.82) is 0 Å². The molecule has 4 nitrogen and oxygen atoms in total. The Morgan fingerprint density at radius 3 is 2.00 bits per heavy atom. The van der Waals surface area contributed by atoms with Crippen molar-refractivity contribution in [3.05, 3.63) is 0 Å². The van der Waals surface area contributed by atoms with Gasteiger partial charge in [-0.05, 0) is 13.8 Å². The van der Waals surface area contributed by atoms with Crippen LogP contribution in [0.5, 0.6) is 0 Å². The highest BCUT2D eigenvalue weighted by atomic mass is 35.5. The van der Waals surface area contributed by atoms with Gasteiger partial charge in [0.05, 0.1) is 7.11 Å². The molecule has 0 aliphatic carbocycles. The highest BCUT2D eigenvalue weighted by Gasteiger charge is 2.03. The molecule has 0 aromatic rings. The topological polar surface area (TPSA) is 72.5 Å². The van der Waals surface area contributed by atoms with Crippen LogP contribution in [0.1, 0.15) is 13.8 Å². The first-order valence-electron chi connectivity index (χ1n) is 3.04. The van der Waals surface area contributed by atoms with E-state index in [9.17, 15) is 4.79 Å². The summed E-state index contributed by atoms with van der Waals surface area (Å²) >= 11 is 0. The zero-order valence-electron chi connectivity index (χ0n) is 7.03. The molecular formula is C6H16ClNO3. The average molecular weight is 186 g/mol. The van der Waals surface area contributed by atoms with E-state index in [1.807, 2.05) is 0 Å². The van der Waals surface area contributed by atoms with Crippen LogP contribution in [0, 0.1) is 0 Å². The predicted octanol–water partition coefficient (Wildman–Crippen LogP) is -0.0730. The molecule has 0 radical (unpaired) electrons. The fraction of sp³-hybridized carbons (Fsp3) is 0.833. The minimum atomic E-state index is -0.495. The lowest BCUT2D eigenvalue weighted by atomic mass is 10.4. The van der Waals surface area contributed by atoms with Gasteiger partial charge in [-0.25, -0.2) is 0 Å². The van der Waals surface area contributed by atoms with Crippen LogP contribution in [0.25, 0.3) is 0 Å². The van der Waals surface area contributed by atoms with Gasteiger partial charge in [0, 0.05) is 6.61 Å². The maximum absolute atomic E-state index is 10.2. The summed E-state index contributed by atoms with van der Waals surface area (Å²) in [5, 5.41) is 7.57. The first-order chi connectivity index (χ1) is 4.59. The molecule has 0 fully saturated rings. The number of methoxy groups -OCH3 is 1. The lowest BCUT2D eigenvalue weighted by molar-refractivity contribution is -0.141. The second-order valence-corrected chi connectivity index (χ2v) is 1.63. The Morgan fingerprint density at radius 1 is 1.73 bits per heavy atom. The molecule has 5 heteroatoms. The summed E-state index contributed by atoms with van der Waals surface area (Å²) in [5.41, 5.74) is 5.07. The monoisotopic (exact) mass is 185 g/mol. The molecule has 70 valence electrons. The SMILES string of the molecule is CCO.COC(=O)C(C)N.Cl. The summed E-state index contributed by atoms with van der Waals surface area (Å²) < 4.78 is 4.25. The van der Waals surface area contributed by atoms with Gasteiger partial charge in [0.15, 0.2) is 0 Å². The van der Waals surface area contributed by atoms with Gasteiger partial charge >= 0.3 is 5.97 Å². The number of aliphatic hydroxyl groups is 1. The van der Waals surface area contributed by atoms with Gasteiger partial charge in [0.2, 0.25) is 0 Å². The normalized spacial score (nSPS) is 9.91. The van der Waals surface area contributed by atoms with Gasteiger partial charge in [-0.2, -0.15) is 0 Å². The van der Waals surface area contributed by atoms with Crippen LogP contribution < -0.4 is 5.73 Å². The largest absolute Gasteiger partial charge is 0.468 e. The minimum Gasteiger partial charge on any atom is -0.468 e. The summed E-state index contributed by atoms with van der Waals surface area (Å²) in [4.78, 5) is 10.2. The van der Waals surface area contributed by atoms with Crippen LogP contribution >= 0.6 is 12.4 Å². The van der Waals surface area contributed by atoms with Crippen molar-refractivity contribution in [3.8, 4) is 0 Å². The second kappa shape index (κ2) is 12.4. The fourth-order valence-electron chi connectivity index (χ4n) is 0.186. The zero-order chi connectivity index (χ0) is 8.57. The first kappa shape index (κ1) is 17.0. The first-order valence-corrected chi connectivity index (χ1v) is 3.04. The molecule has 11 heavy (non-hydrogen) atoms. The van der Waals surface area contributed by atoms with Crippen molar-refractivity contribution < 1.29 is 14.6 Å². The molecule has 0 aliphatic heterocycles. The molecule has 0 aromatic carbocycles. The molecule has 0 spiro atoms. The van der Waals surface area contributed by atoms with Gasteiger partial charge in [0.25, 0.3) is 0 Å². The number of carbonyl (C=O) groups is 1. The van der Waals surface area contributed by atoms with E-state index in [1.54, 1.807) is 13.8 Å². The Kier molecular flexibility index (Phi) is 19.1. The maximum atomic E-state index is 10.2. The van der Waals surface area contributed by atoms with Crippen molar-refractivity contribution in [1.82, 2.24) is 0 Å². The fourth-order valence-corrected chi connectivity index (χ4v) is 0.186. The van der Waals surface area contributed by atoms with Crippen molar-refractivity contribution in [2.24, 2.45) is 5.73 Å². The van der Waals surface area contributed by atoms with E-state index < -0.39 is 6.04 Å². The molecule has 3 N–H and O–H groups in total. The maximum Gasteiger partial charge on any atom is 0.322 e. The number of aliphatic hydroxyl groups excluding tert-OH is 1. The van der Waals surface area contributed by atoms with Gasteiger partial charge in [-0.1, -0.05) is 0 Å². The molecule has 1 atom stereocenters. The zero-order valence-corrected chi connectivity index (χ0v) is 7.85. The number of nitrogens with two attached hydrogens (primary N) is 1. The Morgan fingerprint density at radius 2 is 2.00 bits per heavy atom. The summed E-state index contributed by atoms with van der Waals surface area (Å²) in [6.45, 7) is 3.51. The van der Waals surface area contributed by atoms with Gasteiger partial charge in [-0.3, -0.25) is 4.79 Å². The van der Waals surface area contributed by atoms with Gasteiger partial charge in [-0.15, -0.1) is 12.4 Å². The van der Waals surface area contributed by atoms with E-state index in [0.29, 0.717) is 0 Å². The van der Waals surface area contributed by atoms with Crippen LogP contribution in [0.15, 0.2) is 0 Å². The van der Waals surface area contributed by atoms with E-state index in [0.717, 1.165) is 0 Å². The molecule has 1 unspecified atom stereocenters. The summed E-state index contributed by atoms with van der Waals surface area (Å²) in [6.07, 6.45) is 0. The third-order valence-electron chi connectivity index (χ3n) is 0.573. The molecule has 0 heterocycles. The van der Waals surface area contributed by atoms with E-state index in [1.165, 1.54) is 7.11 Å². The molecule has 0 amide bonds. The van der Waals surface area contributed by atoms with Crippen LogP contribution in [0.2, 0.25) is 0 Å². The van der Waals surface area contributed by atoms with Crippen LogP contribution in [0.4, 0.5) is 0 Å². The third kappa shape index (κ3) is 17.7. The van der Waals surface area contributed by atoms with Crippen LogP contribution in [0.3, 0.4) is 0 Å². The van der Waals surface area contributed by atoms with E-state index >= 15 is 0 Å². The van der Waals surface area contributed by atoms with E-state index in [-0.39, 0.29) is 25.0 Å². The molecule has 0 saturated heterocycles. The van der Waals surface area contributed by atoms with Crippen molar-refractivity contribution in [2.75, 3.05) is 13.7 Å². The number of rotatable bonds is 1. The van der Waals surface area contributed by atoms with Crippen molar-refractivity contribution in [3.63, 3.8) is 0 Å². The number of esters is 1. The Hall–Kier alpha value is -0.320. The Balaban J connectivity index is -0.000000140. The van der Waals surface area contributed by atoms with Gasteiger partial charge in [0.1, 0.15) is 6.04 Å². The Labute approximate surface area is 73.1 Å². The summed E-state index contributed by atoms with van der Waals surface area (Å²) in [6, 6.07) is -0.495. The van der Waals surface area contributed by atoms with Crippen molar-refractivity contribution in [2.45, 2.75) is 19.9 Å². The van der Waals surface area contributed by atoms with E-state index in [4.69, 9.17) is 10.8 Å². The standard InChI is InChI=1S/C4H9NO2.C2H6O.ClH/c1-3(5)4(6)7-2;1-2-3;/h3H,5H2,1-2H3;3H,2H2,1H3;1H. The lowest BCUT2D eigenvalue weighted by Gasteiger charge is -1.98. The molecule has 0 bridgehead atoms. The highest BCUT2D eigenvalue weighted by Crippen LogP contribution is 1.76. The van der Waals surface area contributed by atoms with E-state index in [2.05, 4.69) is 4.74 Å². The highest BCUT2D eigenvalue weighted by molar-refractivity contribution is 5.85. The minimum absolute atomic E-state index is 0. The number of carbonyl (C=O) groups excluding carboxylic acids is 1. The molecular weight excluding hydrogens is 170 g/mol. The average Bonchev–Trinajstić information content (AvgIpc) is 1.88. The Bertz CT molecular complexity index is 87.9. The second-order valence-electron chi connectivity index (χ2n) is 1.63. The quantitative estimate of drug-likeness (QED) is 0.561. The third-order valence-corrected chi connectivity index (χ3v) is 0.573. The summed E-state index contributed by atoms with van der Waals surface area (Å²) in [7, 11) is 1.31.